The molecule has 0 N–H and O–H groups in total. The predicted molar refractivity (Wildman–Crippen MR) is 107 cm³/mol. The summed E-state index contributed by atoms with van der Waals surface area (Å²) < 4.78 is 1.83. The summed E-state index contributed by atoms with van der Waals surface area (Å²) in [6, 6.07) is 2.10. The maximum atomic E-state index is 12.3. The number of hydrogen-bond donors (Lipinski definition) is 0. The molecule has 0 atom stereocenters. The van der Waals surface area contributed by atoms with Gasteiger partial charge in [-0.2, -0.15) is 5.10 Å². The van der Waals surface area contributed by atoms with Gasteiger partial charge in [0, 0.05) is 75.3 Å². The maximum absolute atomic E-state index is 12.3. The second kappa shape index (κ2) is 7.18. The molecule has 0 unspecified atom stereocenters. The van der Waals surface area contributed by atoms with Crippen LogP contribution in [0.15, 0.2) is 24.7 Å². The number of carbonyl (C=O) groups is 1. The lowest BCUT2D eigenvalue weighted by molar-refractivity contribution is -0.132. The fraction of sp³-hybridized carbons (Fsp3) is 0.476. The molecule has 0 radical (unpaired) electrons. The number of piperazine rings is 1. The molecule has 6 nitrogen and oxygen atoms in total. The molecule has 2 aromatic rings. The quantitative estimate of drug-likeness (QED) is 0.836. The molecule has 1 fully saturated rings. The predicted octanol–water partition coefficient (Wildman–Crippen LogP) is 2.61. The Kier molecular flexibility index (Phi) is 4.72. The summed E-state index contributed by atoms with van der Waals surface area (Å²) in [5.74, 6) is 0.693. The summed E-state index contributed by atoms with van der Waals surface area (Å²) in [6.07, 6.45) is 9.62. The van der Waals surface area contributed by atoms with Crippen LogP contribution < -0.4 is 4.90 Å². The van der Waals surface area contributed by atoms with Crippen molar-refractivity contribution in [2.45, 2.75) is 26.7 Å². The van der Waals surface area contributed by atoms with Crippen molar-refractivity contribution in [3.8, 4) is 0 Å². The van der Waals surface area contributed by atoms with Gasteiger partial charge < -0.3 is 9.80 Å². The van der Waals surface area contributed by atoms with Gasteiger partial charge in [0.25, 0.3) is 0 Å². The van der Waals surface area contributed by atoms with Crippen molar-refractivity contribution in [2.24, 2.45) is 13.0 Å². The lowest BCUT2D eigenvalue weighted by Crippen LogP contribution is -2.49. The highest BCUT2D eigenvalue weighted by Crippen LogP contribution is 2.36. The van der Waals surface area contributed by atoms with Crippen LogP contribution in [0.2, 0.25) is 0 Å². The second-order valence-electron chi connectivity index (χ2n) is 7.91. The molecule has 27 heavy (non-hydrogen) atoms. The van der Waals surface area contributed by atoms with Gasteiger partial charge >= 0.3 is 0 Å². The van der Waals surface area contributed by atoms with Gasteiger partial charge in [-0.1, -0.05) is 13.8 Å². The highest BCUT2D eigenvalue weighted by atomic mass is 16.2. The number of allylic oxidation sites excluding steroid dienone is 1. The summed E-state index contributed by atoms with van der Waals surface area (Å²) in [5, 5.41) is 4.29. The Bertz CT molecular complexity index is 874. The number of nitrogens with zero attached hydrogens (tertiary/aromatic N) is 5. The molecule has 2 aromatic heterocycles. The van der Waals surface area contributed by atoms with Crippen LogP contribution >= 0.6 is 0 Å². The zero-order chi connectivity index (χ0) is 19.0. The molecule has 0 aromatic carbocycles. The number of aromatic nitrogens is 3. The SMILES string of the molecule is CC(C)CC(=O)N1CCN(c2ccnc3c2C=C(c2cnn(C)c2)C3)CC1. The van der Waals surface area contributed by atoms with E-state index in [1.165, 1.54) is 16.8 Å². The third-order valence-electron chi connectivity index (χ3n) is 5.36. The summed E-state index contributed by atoms with van der Waals surface area (Å²) in [6.45, 7) is 7.53. The van der Waals surface area contributed by atoms with E-state index in [-0.39, 0.29) is 5.91 Å². The third-order valence-corrected chi connectivity index (χ3v) is 5.36. The molecule has 1 amide bonds. The van der Waals surface area contributed by atoms with E-state index in [0.717, 1.165) is 43.9 Å². The average molecular weight is 365 g/mol. The highest BCUT2D eigenvalue weighted by Gasteiger charge is 2.26. The first-order chi connectivity index (χ1) is 13.0. The number of amides is 1. The van der Waals surface area contributed by atoms with Crippen molar-refractivity contribution in [1.82, 2.24) is 19.7 Å². The van der Waals surface area contributed by atoms with Crippen molar-refractivity contribution in [2.75, 3.05) is 31.1 Å². The number of hydrogen-bond acceptors (Lipinski definition) is 4. The van der Waals surface area contributed by atoms with Crippen molar-refractivity contribution in [3.05, 3.63) is 41.5 Å². The van der Waals surface area contributed by atoms with Gasteiger partial charge in [0.15, 0.2) is 0 Å². The van der Waals surface area contributed by atoms with Crippen LogP contribution in [0, 0.1) is 5.92 Å². The summed E-state index contributed by atoms with van der Waals surface area (Å²) >= 11 is 0. The van der Waals surface area contributed by atoms with Crippen LogP contribution in [0.25, 0.3) is 11.6 Å². The van der Waals surface area contributed by atoms with Crippen LogP contribution in [0.1, 0.15) is 37.1 Å². The van der Waals surface area contributed by atoms with E-state index < -0.39 is 0 Å². The minimum Gasteiger partial charge on any atom is -0.367 e. The normalized spacial score (nSPS) is 16.7. The molecule has 4 rings (SSSR count). The first-order valence-electron chi connectivity index (χ1n) is 9.71. The Balaban J connectivity index is 1.50. The van der Waals surface area contributed by atoms with Gasteiger partial charge in [0.1, 0.15) is 0 Å². The lowest BCUT2D eigenvalue weighted by atomic mass is 10.1. The van der Waals surface area contributed by atoms with Gasteiger partial charge in [-0.25, -0.2) is 0 Å². The van der Waals surface area contributed by atoms with E-state index in [9.17, 15) is 4.79 Å². The van der Waals surface area contributed by atoms with Crippen LogP contribution in [-0.2, 0) is 18.3 Å². The summed E-state index contributed by atoms with van der Waals surface area (Å²) in [4.78, 5) is 21.3. The van der Waals surface area contributed by atoms with E-state index in [4.69, 9.17) is 0 Å². The molecule has 1 aliphatic carbocycles. The van der Waals surface area contributed by atoms with Gasteiger partial charge in [-0.05, 0) is 23.6 Å². The first-order valence-corrected chi connectivity index (χ1v) is 9.71. The van der Waals surface area contributed by atoms with E-state index in [2.05, 4.69) is 47.2 Å². The second-order valence-corrected chi connectivity index (χ2v) is 7.91. The van der Waals surface area contributed by atoms with Gasteiger partial charge in [-0.3, -0.25) is 14.5 Å². The average Bonchev–Trinajstić information content (AvgIpc) is 3.27. The van der Waals surface area contributed by atoms with Gasteiger partial charge in [0.05, 0.1) is 11.9 Å². The molecule has 2 aliphatic rings. The number of fused-ring (bicyclic) bond motifs is 1. The van der Waals surface area contributed by atoms with E-state index >= 15 is 0 Å². The van der Waals surface area contributed by atoms with Gasteiger partial charge in [0.2, 0.25) is 5.91 Å². The monoisotopic (exact) mass is 365 g/mol. The largest absolute Gasteiger partial charge is 0.367 e. The van der Waals surface area contributed by atoms with Crippen LogP contribution in [0.4, 0.5) is 5.69 Å². The Labute approximate surface area is 160 Å². The lowest BCUT2D eigenvalue weighted by Gasteiger charge is -2.37. The number of pyridine rings is 1. The Morgan fingerprint density at radius 1 is 1.22 bits per heavy atom. The van der Waals surface area contributed by atoms with Crippen LogP contribution in [-0.4, -0.2) is 51.8 Å². The smallest absolute Gasteiger partial charge is 0.222 e. The molecule has 0 spiro atoms. The number of carbonyl (C=O) groups excluding carboxylic acids is 1. The van der Waals surface area contributed by atoms with E-state index in [0.29, 0.717) is 12.3 Å². The Hall–Kier alpha value is -2.63. The molecular formula is C21H27N5O. The van der Waals surface area contributed by atoms with Crippen molar-refractivity contribution >= 4 is 23.2 Å². The Morgan fingerprint density at radius 3 is 2.67 bits per heavy atom. The summed E-state index contributed by atoms with van der Waals surface area (Å²) in [5.41, 5.74) is 6.01. The fourth-order valence-electron chi connectivity index (χ4n) is 3.93. The van der Waals surface area contributed by atoms with Crippen molar-refractivity contribution < 1.29 is 4.79 Å². The standard InChI is InChI=1S/C21H27N5O/c1-15(2)10-21(27)26-8-6-25(7-9-26)20-4-5-22-19-12-16(11-18(19)20)17-13-23-24(3)14-17/h4-5,11,13-15H,6-10,12H2,1-3H3. The van der Waals surface area contributed by atoms with Crippen LogP contribution in [0.5, 0.6) is 0 Å². The maximum Gasteiger partial charge on any atom is 0.222 e. The zero-order valence-corrected chi connectivity index (χ0v) is 16.4. The Morgan fingerprint density at radius 2 is 2.00 bits per heavy atom. The van der Waals surface area contributed by atoms with Crippen molar-refractivity contribution in [1.29, 1.82) is 0 Å². The fourth-order valence-corrected chi connectivity index (χ4v) is 3.93. The molecule has 1 saturated heterocycles. The number of anilines is 1. The number of rotatable bonds is 4. The first kappa shape index (κ1) is 17.8. The molecule has 3 heterocycles. The molecular weight excluding hydrogens is 338 g/mol. The van der Waals surface area contributed by atoms with E-state index in [1.807, 2.05) is 29.0 Å². The third kappa shape index (κ3) is 3.61. The topological polar surface area (TPSA) is 54.3 Å². The molecule has 0 saturated carbocycles. The zero-order valence-electron chi connectivity index (χ0n) is 16.4. The highest BCUT2D eigenvalue weighted by molar-refractivity contribution is 5.91. The van der Waals surface area contributed by atoms with E-state index in [1.54, 1.807) is 0 Å². The van der Waals surface area contributed by atoms with Crippen molar-refractivity contribution in [3.63, 3.8) is 0 Å². The van der Waals surface area contributed by atoms with Crippen LogP contribution in [0.3, 0.4) is 0 Å². The molecule has 142 valence electrons. The summed E-state index contributed by atoms with van der Waals surface area (Å²) in [7, 11) is 1.94. The number of aryl methyl sites for hydroxylation is 1. The minimum atomic E-state index is 0.281. The van der Waals surface area contributed by atoms with Gasteiger partial charge in [-0.15, -0.1) is 0 Å². The molecule has 1 aliphatic heterocycles. The minimum absolute atomic E-state index is 0.281. The molecule has 6 heteroatoms. The molecule has 0 bridgehead atoms.